The Balaban J connectivity index is 2.17. The average Bonchev–Trinajstić information content (AvgIpc) is 2.30. The Morgan fingerprint density at radius 2 is 1.87 bits per heavy atom. The van der Waals surface area contributed by atoms with Crippen molar-refractivity contribution in [3.8, 4) is 0 Å². The highest BCUT2D eigenvalue weighted by molar-refractivity contribution is 5.83. The van der Waals surface area contributed by atoms with Gasteiger partial charge in [0.05, 0.1) is 12.5 Å². The highest BCUT2D eigenvalue weighted by Crippen LogP contribution is 2.46. The molecule has 2 aliphatic heterocycles. The lowest BCUT2D eigenvalue weighted by atomic mass is 9.63. The van der Waals surface area contributed by atoms with Crippen molar-refractivity contribution in [3.05, 3.63) is 0 Å². The van der Waals surface area contributed by atoms with Crippen LogP contribution < -0.4 is 5.32 Å². The summed E-state index contributed by atoms with van der Waals surface area (Å²) in [6, 6.07) is 0. The van der Waals surface area contributed by atoms with E-state index >= 15 is 0 Å². The molecule has 2 heterocycles. The van der Waals surface area contributed by atoms with Crippen molar-refractivity contribution < 1.29 is 19.4 Å². The van der Waals surface area contributed by atoms with E-state index in [1.807, 2.05) is 0 Å². The number of methoxy groups -OCH3 is 1. The first-order chi connectivity index (χ1) is 7.05. The molecule has 1 saturated carbocycles. The standard InChI is InChI=1S/C10H15NO4/c1-15-8(14)9-2-4-10(5-3-9,7(12)13)11-6-9/h11H,2-6H2,1H3,(H,12,13). The van der Waals surface area contributed by atoms with E-state index in [0.717, 1.165) is 0 Å². The van der Waals surface area contributed by atoms with E-state index < -0.39 is 16.9 Å². The van der Waals surface area contributed by atoms with Crippen molar-refractivity contribution in [1.29, 1.82) is 0 Å². The van der Waals surface area contributed by atoms with Crippen molar-refractivity contribution >= 4 is 11.9 Å². The number of carboxylic acid groups (broad SMARTS) is 1. The highest BCUT2D eigenvalue weighted by Gasteiger charge is 2.56. The van der Waals surface area contributed by atoms with Crippen molar-refractivity contribution in [2.45, 2.75) is 31.2 Å². The summed E-state index contributed by atoms with van der Waals surface area (Å²) in [5.74, 6) is -1.02. The van der Waals surface area contributed by atoms with Crippen LogP contribution in [0, 0.1) is 5.41 Å². The number of hydrogen-bond donors (Lipinski definition) is 2. The van der Waals surface area contributed by atoms with Crippen LogP contribution in [0.5, 0.6) is 0 Å². The maximum absolute atomic E-state index is 11.6. The van der Waals surface area contributed by atoms with E-state index in [1.165, 1.54) is 7.11 Å². The molecule has 3 fully saturated rings. The Kier molecular flexibility index (Phi) is 2.22. The maximum atomic E-state index is 11.6. The first kappa shape index (κ1) is 10.4. The number of aliphatic carboxylic acids is 1. The zero-order valence-corrected chi connectivity index (χ0v) is 8.71. The molecule has 1 aliphatic carbocycles. The zero-order valence-electron chi connectivity index (χ0n) is 8.71. The van der Waals surface area contributed by atoms with Gasteiger partial charge in [0.1, 0.15) is 5.54 Å². The number of ether oxygens (including phenoxy) is 1. The van der Waals surface area contributed by atoms with E-state index in [2.05, 4.69) is 5.32 Å². The number of carboxylic acids is 1. The minimum atomic E-state index is -0.805. The molecule has 15 heavy (non-hydrogen) atoms. The van der Waals surface area contributed by atoms with Gasteiger partial charge in [-0.1, -0.05) is 0 Å². The minimum absolute atomic E-state index is 0.214. The number of carbonyl (C=O) groups excluding carboxylic acids is 1. The van der Waals surface area contributed by atoms with Crippen LogP contribution in [0.1, 0.15) is 25.7 Å². The number of esters is 1. The third-order valence-electron chi connectivity index (χ3n) is 3.85. The number of hydrogen-bond acceptors (Lipinski definition) is 4. The summed E-state index contributed by atoms with van der Waals surface area (Å²) in [5, 5.41) is 12.1. The molecule has 0 aromatic heterocycles. The van der Waals surface area contributed by atoms with Crippen LogP contribution in [-0.4, -0.2) is 36.2 Å². The Hall–Kier alpha value is -1.10. The molecule has 5 nitrogen and oxygen atoms in total. The molecule has 0 amide bonds. The summed E-state index contributed by atoms with van der Waals surface area (Å²) in [5.41, 5.74) is -1.28. The summed E-state index contributed by atoms with van der Waals surface area (Å²) in [6.07, 6.45) is 2.24. The van der Waals surface area contributed by atoms with Crippen LogP contribution in [0.15, 0.2) is 0 Å². The van der Waals surface area contributed by atoms with E-state index in [9.17, 15) is 9.59 Å². The highest BCUT2D eigenvalue weighted by atomic mass is 16.5. The van der Waals surface area contributed by atoms with Gasteiger partial charge in [-0.05, 0) is 25.7 Å². The van der Waals surface area contributed by atoms with Gasteiger partial charge < -0.3 is 15.2 Å². The minimum Gasteiger partial charge on any atom is -0.480 e. The third-order valence-corrected chi connectivity index (χ3v) is 3.85. The normalized spacial score (nSPS) is 38.7. The van der Waals surface area contributed by atoms with Gasteiger partial charge in [-0.3, -0.25) is 9.59 Å². The number of nitrogens with one attached hydrogen (secondary N) is 1. The smallest absolute Gasteiger partial charge is 0.323 e. The lowest BCUT2D eigenvalue weighted by Crippen LogP contribution is -2.66. The molecule has 2 saturated heterocycles. The van der Waals surface area contributed by atoms with Crippen LogP contribution in [0.4, 0.5) is 0 Å². The predicted octanol–water partition coefficient (Wildman–Crippen LogP) is 0.146. The van der Waals surface area contributed by atoms with E-state index in [1.54, 1.807) is 0 Å². The second kappa shape index (κ2) is 3.20. The zero-order chi connectivity index (χ0) is 11.1. The van der Waals surface area contributed by atoms with Crippen LogP contribution in [-0.2, 0) is 14.3 Å². The van der Waals surface area contributed by atoms with Crippen LogP contribution >= 0.6 is 0 Å². The van der Waals surface area contributed by atoms with Gasteiger partial charge in [-0.15, -0.1) is 0 Å². The molecule has 2 N–H and O–H groups in total. The maximum Gasteiger partial charge on any atom is 0.323 e. The number of carbonyl (C=O) groups is 2. The molecule has 0 unspecified atom stereocenters. The summed E-state index contributed by atoms with van der Waals surface area (Å²) in [6.45, 7) is 0.423. The van der Waals surface area contributed by atoms with E-state index in [-0.39, 0.29) is 5.97 Å². The van der Waals surface area contributed by atoms with Crippen LogP contribution in [0.3, 0.4) is 0 Å². The van der Waals surface area contributed by atoms with E-state index in [0.29, 0.717) is 32.2 Å². The second-order valence-corrected chi connectivity index (χ2v) is 4.51. The third kappa shape index (κ3) is 1.33. The number of rotatable bonds is 2. The van der Waals surface area contributed by atoms with Gasteiger partial charge in [-0.2, -0.15) is 0 Å². The average molecular weight is 213 g/mol. The molecule has 2 bridgehead atoms. The number of fused-ring (bicyclic) bond motifs is 3. The molecular formula is C10H15NO4. The summed E-state index contributed by atoms with van der Waals surface area (Å²) in [4.78, 5) is 22.7. The molecule has 0 aromatic rings. The van der Waals surface area contributed by atoms with E-state index in [4.69, 9.17) is 9.84 Å². The van der Waals surface area contributed by atoms with Crippen molar-refractivity contribution in [2.24, 2.45) is 5.41 Å². The van der Waals surface area contributed by atoms with Gasteiger partial charge >= 0.3 is 11.9 Å². The predicted molar refractivity (Wildman–Crippen MR) is 51.3 cm³/mol. The summed E-state index contributed by atoms with van der Waals surface area (Å²) < 4.78 is 4.78. The molecule has 0 aromatic carbocycles. The summed E-state index contributed by atoms with van der Waals surface area (Å²) in [7, 11) is 1.38. The molecule has 5 heteroatoms. The Bertz CT molecular complexity index is 288. The van der Waals surface area contributed by atoms with Gasteiger partial charge in [0.15, 0.2) is 0 Å². The monoisotopic (exact) mass is 213 g/mol. The number of piperidine rings is 2. The van der Waals surface area contributed by atoms with Gasteiger partial charge in [0.25, 0.3) is 0 Å². The van der Waals surface area contributed by atoms with Crippen molar-refractivity contribution in [2.75, 3.05) is 13.7 Å². The quantitative estimate of drug-likeness (QED) is 0.638. The molecular weight excluding hydrogens is 198 g/mol. The fourth-order valence-electron chi connectivity index (χ4n) is 2.63. The van der Waals surface area contributed by atoms with Gasteiger partial charge in [-0.25, -0.2) is 0 Å². The fourth-order valence-corrected chi connectivity index (χ4v) is 2.63. The largest absolute Gasteiger partial charge is 0.480 e. The van der Waals surface area contributed by atoms with Gasteiger partial charge in [0, 0.05) is 6.54 Å². The van der Waals surface area contributed by atoms with Crippen LogP contribution in [0.25, 0.3) is 0 Å². The second-order valence-electron chi connectivity index (χ2n) is 4.51. The van der Waals surface area contributed by atoms with Gasteiger partial charge in [0.2, 0.25) is 0 Å². The molecule has 0 radical (unpaired) electrons. The molecule has 0 atom stereocenters. The molecule has 3 aliphatic rings. The Morgan fingerprint density at radius 1 is 1.27 bits per heavy atom. The van der Waals surface area contributed by atoms with Crippen molar-refractivity contribution in [1.82, 2.24) is 5.32 Å². The molecule has 0 spiro atoms. The lowest BCUT2D eigenvalue weighted by molar-refractivity contribution is -0.166. The topological polar surface area (TPSA) is 75.6 Å². The Morgan fingerprint density at radius 3 is 2.20 bits per heavy atom. The first-order valence-corrected chi connectivity index (χ1v) is 5.12. The molecule has 84 valence electrons. The first-order valence-electron chi connectivity index (χ1n) is 5.12. The fraction of sp³-hybridized carbons (Fsp3) is 0.800. The lowest BCUT2D eigenvalue weighted by Gasteiger charge is -2.50. The SMILES string of the molecule is COC(=O)C12CCC(C(=O)O)(CC1)NC2. The van der Waals surface area contributed by atoms with Crippen LogP contribution in [0.2, 0.25) is 0 Å². The van der Waals surface area contributed by atoms with Crippen molar-refractivity contribution in [3.63, 3.8) is 0 Å². The Labute approximate surface area is 87.8 Å². The molecule has 3 rings (SSSR count). The summed E-state index contributed by atoms with van der Waals surface area (Å²) >= 11 is 0.